The van der Waals surface area contributed by atoms with Crippen LogP contribution in [-0.2, 0) is 4.74 Å². The van der Waals surface area contributed by atoms with Crippen LogP contribution in [-0.4, -0.2) is 28.0 Å². The van der Waals surface area contributed by atoms with E-state index in [1.54, 1.807) is 14.2 Å². The van der Waals surface area contributed by atoms with E-state index in [1.165, 1.54) is 5.56 Å². The summed E-state index contributed by atoms with van der Waals surface area (Å²) in [4.78, 5) is 2.02. The summed E-state index contributed by atoms with van der Waals surface area (Å²) in [7, 11) is 5.37. The minimum absolute atomic E-state index is 0.510. The van der Waals surface area contributed by atoms with Crippen LogP contribution in [0, 0.1) is 0 Å². The molecule has 0 radical (unpaired) electrons. The van der Waals surface area contributed by atoms with E-state index in [9.17, 15) is 0 Å². The molecule has 0 saturated carbocycles. The molecule has 0 aliphatic heterocycles. The van der Waals surface area contributed by atoms with E-state index in [2.05, 4.69) is 32.0 Å². The Morgan fingerprint density at radius 1 is 1.25 bits per heavy atom. The Labute approximate surface area is 98.0 Å². The fourth-order valence-corrected chi connectivity index (χ4v) is 1.63. The van der Waals surface area contributed by atoms with Crippen LogP contribution in [0.2, 0.25) is 0 Å². The van der Waals surface area contributed by atoms with Crippen molar-refractivity contribution in [3.05, 3.63) is 23.8 Å². The molecule has 1 rings (SSSR count). The first-order valence-corrected chi connectivity index (χ1v) is 5.48. The third kappa shape index (κ3) is 2.89. The van der Waals surface area contributed by atoms with E-state index in [4.69, 9.17) is 9.47 Å². The molecule has 0 saturated heterocycles. The number of hydrogen-bond acceptors (Lipinski definition) is 3. The smallest absolute Gasteiger partial charge is 0.142 e. The van der Waals surface area contributed by atoms with Crippen LogP contribution >= 0.6 is 0 Å². The highest BCUT2D eigenvalue weighted by Crippen LogP contribution is 2.30. The lowest BCUT2D eigenvalue weighted by Crippen LogP contribution is -2.20. The molecular weight excluding hydrogens is 202 g/mol. The Hall–Kier alpha value is -1.22. The zero-order valence-corrected chi connectivity index (χ0v) is 10.8. The molecule has 0 spiro atoms. The zero-order chi connectivity index (χ0) is 12.1. The van der Waals surface area contributed by atoms with Crippen molar-refractivity contribution in [3.63, 3.8) is 0 Å². The van der Waals surface area contributed by atoms with E-state index in [0.29, 0.717) is 12.6 Å². The number of rotatable bonds is 5. The van der Waals surface area contributed by atoms with Crippen LogP contribution in [0.3, 0.4) is 0 Å². The SMILES string of the molecule is COCN(C)c1ccc(C(C)C)cc1OC. The van der Waals surface area contributed by atoms with Crippen molar-refractivity contribution in [2.45, 2.75) is 19.8 Å². The highest BCUT2D eigenvalue weighted by Gasteiger charge is 2.10. The standard InChI is InChI=1S/C13H21NO2/c1-10(2)11-6-7-12(13(8-11)16-5)14(3)9-15-4/h6-8,10H,9H2,1-5H3. The molecule has 0 aliphatic carbocycles. The van der Waals surface area contributed by atoms with E-state index in [0.717, 1.165) is 11.4 Å². The molecule has 0 atom stereocenters. The van der Waals surface area contributed by atoms with Crippen LogP contribution in [0.15, 0.2) is 18.2 Å². The number of methoxy groups -OCH3 is 2. The van der Waals surface area contributed by atoms with Crippen molar-refractivity contribution >= 4 is 5.69 Å². The van der Waals surface area contributed by atoms with Gasteiger partial charge in [-0.05, 0) is 23.6 Å². The summed E-state index contributed by atoms with van der Waals surface area (Å²) in [6.07, 6.45) is 0. The number of nitrogens with zero attached hydrogens (tertiary/aromatic N) is 1. The predicted octanol–water partition coefficient (Wildman–Crippen LogP) is 2.86. The van der Waals surface area contributed by atoms with Gasteiger partial charge in [-0.2, -0.15) is 0 Å². The first-order valence-electron chi connectivity index (χ1n) is 5.48. The molecule has 1 aromatic rings. The average Bonchev–Trinajstić information content (AvgIpc) is 2.28. The van der Waals surface area contributed by atoms with Crippen LogP contribution in [0.25, 0.3) is 0 Å². The number of hydrogen-bond donors (Lipinski definition) is 0. The summed E-state index contributed by atoms with van der Waals surface area (Å²) in [5.74, 6) is 1.40. The Morgan fingerprint density at radius 2 is 1.94 bits per heavy atom. The molecule has 0 bridgehead atoms. The Morgan fingerprint density at radius 3 is 2.44 bits per heavy atom. The van der Waals surface area contributed by atoms with Crippen molar-refractivity contribution in [3.8, 4) is 5.75 Å². The van der Waals surface area contributed by atoms with Crippen molar-refractivity contribution in [1.29, 1.82) is 0 Å². The van der Waals surface area contributed by atoms with Gasteiger partial charge in [0.15, 0.2) is 0 Å². The maximum Gasteiger partial charge on any atom is 0.142 e. The molecule has 0 heterocycles. The third-order valence-electron chi connectivity index (χ3n) is 2.60. The van der Waals surface area contributed by atoms with Crippen LogP contribution in [0.5, 0.6) is 5.75 Å². The van der Waals surface area contributed by atoms with Crippen LogP contribution in [0.1, 0.15) is 25.3 Å². The van der Waals surface area contributed by atoms with Crippen LogP contribution < -0.4 is 9.64 Å². The molecule has 0 aliphatic rings. The summed E-state index contributed by atoms with van der Waals surface area (Å²) < 4.78 is 10.5. The second-order valence-electron chi connectivity index (χ2n) is 4.20. The maximum absolute atomic E-state index is 5.41. The van der Waals surface area contributed by atoms with Crippen molar-refractivity contribution in [1.82, 2.24) is 0 Å². The van der Waals surface area contributed by atoms with Gasteiger partial charge in [-0.3, -0.25) is 0 Å². The van der Waals surface area contributed by atoms with Gasteiger partial charge in [0.25, 0.3) is 0 Å². The minimum Gasteiger partial charge on any atom is -0.495 e. The van der Waals surface area contributed by atoms with Gasteiger partial charge in [-0.1, -0.05) is 19.9 Å². The van der Waals surface area contributed by atoms with Crippen molar-refractivity contribution < 1.29 is 9.47 Å². The lowest BCUT2D eigenvalue weighted by Gasteiger charge is -2.21. The lowest BCUT2D eigenvalue weighted by molar-refractivity contribution is 0.201. The monoisotopic (exact) mass is 223 g/mol. The van der Waals surface area contributed by atoms with Gasteiger partial charge in [-0.15, -0.1) is 0 Å². The van der Waals surface area contributed by atoms with E-state index in [-0.39, 0.29) is 0 Å². The second-order valence-corrected chi connectivity index (χ2v) is 4.20. The summed E-state index contributed by atoms with van der Waals surface area (Å²) >= 11 is 0. The Balaban J connectivity index is 3.01. The topological polar surface area (TPSA) is 21.7 Å². The molecule has 0 N–H and O–H groups in total. The molecule has 0 fully saturated rings. The summed E-state index contributed by atoms with van der Waals surface area (Å²) in [5, 5.41) is 0. The summed E-state index contributed by atoms with van der Waals surface area (Å²) in [6, 6.07) is 6.30. The minimum atomic E-state index is 0.510. The normalized spacial score (nSPS) is 10.6. The summed E-state index contributed by atoms with van der Waals surface area (Å²) in [5.41, 5.74) is 2.33. The third-order valence-corrected chi connectivity index (χ3v) is 2.60. The molecule has 0 unspecified atom stereocenters. The van der Waals surface area contributed by atoms with E-state index in [1.807, 2.05) is 11.9 Å². The zero-order valence-electron chi connectivity index (χ0n) is 10.8. The van der Waals surface area contributed by atoms with Gasteiger partial charge in [0, 0.05) is 14.2 Å². The van der Waals surface area contributed by atoms with Gasteiger partial charge in [0.2, 0.25) is 0 Å². The summed E-state index contributed by atoms with van der Waals surface area (Å²) in [6.45, 7) is 4.90. The Kier molecular flexibility index (Phi) is 4.62. The molecule has 16 heavy (non-hydrogen) atoms. The predicted molar refractivity (Wildman–Crippen MR) is 67.4 cm³/mol. The first kappa shape index (κ1) is 12.8. The first-order chi connectivity index (χ1) is 7.60. The number of benzene rings is 1. The second kappa shape index (κ2) is 5.75. The van der Waals surface area contributed by atoms with Crippen LogP contribution in [0.4, 0.5) is 5.69 Å². The lowest BCUT2D eigenvalue weighted by atomic mass is 10.0. The fourth-order valence-electron chi connectivity index (χ4n) is 1.63. The molecule has 3 heteroatoms. The van der Waals surface area contributed by atoms with Gasteiger partial charge >= 0.3 is 0 Å². The van der Waals surface area contributed by atoms with E-state index < -0.39 is 0 Å². The Bertz CT molecular complexity index is 337. The molecule has 90 valence electrons. The molecule has 1 aromatic carbocycles. The molecule has 0 aromatic heterocycles. The quantitative estimate of drug-likeness (QED) is 0.716. The maximum atomic E-state index is 5.41. The average molecular weight is 223 g/mol. The fraction of sp³-hybridized carbons (Fsp3) is 0.538. The largest absolute Gasteiger partial charge is 0.495 e. The van der Waals surface area contributed by atoms with Crippen molar-refractivity contribution in [2.75, 3.05) is 32.9 Å². The van der Waals surface area contributed by atoms with Gasteiger partial charge in [-0.25, -0.2) is 0 Å². The van der Waals surface area contributed by atoms with Crippen molar-refractivity contribution in [2.24, 2.45) is 0 Å². The van der Waals surface area contributed by atoms with Gasteiger partial charge in [0.05, 0.1) is 12.8 Å². The number of ether oxygens (including phenoxy) is 2. The molecular formula is C13H21NO2. The highest BCUT2D eigenvalue weighted by atomic mass is 16.5. The number of anilines is 1. The van der Waals surface area contributed by atoms with E-state index >= 15 is 0 Å². The molecule has 0 amide bonds. The molecule has 3 nitrogen and oxygen atoms in total. The van der Waals surface area contributed by atoms with Gasteiger partial charge in [0.1, 0.15) is 12.5 Å². The highest BCUT2D eigenvalue weighted by molar-refractivity contribution is 5.59. The van der Waals surface area contributed by atoms with Gasteiger partial charge < -0.3 is 14.4 Å².